The smallest absolute Gasteiger partial charge is 1.00 e. The molecule has 0 saturated carbocycles. The molecule has 0 rings (SSSR count). The largest absolute Gasteiger partial charge is 2.00 e. The van der Waals surface area contributed by atoms with Crippen LogP contribution in [0.1, 0.15) is 471 Å². The molecule has 0 N–H and O–H groups in total. The summed E-state index contributed by atoms with van der Waals surface area (Å²) in [5, 5.41) is 0. The number of unbranched alkanes of at least 4 members (excludes halogenated alkanes) is 60. The van der Waals surface area contributed by atoms with Crippen molar-refractivity contribution < 1.29 is 12.4 Å². The maximum absolute atomic E-state index is 4.05. The van der Waals surface area contributed by atoms with E-state index in [2.05, 4.69) is 69.8 Å². The van der Waals surface area contributed by atoms with E-state index in [1.54, 1.807) is 0 Å². The number of allylic oxidation sites excluding steroid dienone is 2. The minimum atomic E-state index is 0. The summed E-state index contributed by atoms with van der Waals surface area (Å²) in [6, 6.07) is 0. The zero-order chi connectivity index (χ0) is 59.4. The Kier molecular flexibility index (Phi) is 102. The molecular weight excluding hydrogens is 1100 g/mol. The molecule has 0 spiro atoms. The SMILES string of the molecule is C=CCC(CCCCCCCCCCCCCCCCCC)CCCCCCCCCCCCCCCCCC.C=C[CH2-].CCCCCCCCCCCCCCCCCCC(Br)CCCCCCCCCCCCCCCCCC.[Cl-].[Mg+2]. The number of halogens is 2. The van der Waals surface area contributed by atoms with Crippen molar-refractivity contribution in [3.8, 4) is 0 Å². The minimum absolute atomic E-state index is 0. The van der Waals surface area contributed by atoms with Gasteiger partial charge in [-0.1, -0.05) is 473 Å². The fourth-order valence-corrected chi connectivity index (χ4v) is 13.2. The Balaban J connectivity index is -0.000000456. The molecule has 0 saturated heterocycles. The average Bonchev–Trinajstić information content (AvgIpc) is 3.47. The zero-order valence-electron chi connectivity index (χ0n) is 58.7. The summed E-state index contributed by atoms with van der Waals surface area (Å²) < 4.78 is 0. The van der Waals surface area contributed by atoms with E-state index in [0.717, 1.165) is 10.7 Å². The molecule has 3 heteroatoms. The van der Waals surface area contributed by atoms with Gasteiger partial charge in [-0.05, 0) is 25.2 Å². The fraction of sp³-hybridized carbons (Fsp3) is 0.938. The van der Waals surface area contributed by atoms with Crippen LogP contribution in [-0.2, 0) is 0 Å². The van der Waals surface area contributed by atoms with E-state index in [4.69, 9.17) is 0 Å². The Morgan fingerprint density at radius 2 is 0.373 bits per heavy atom. The maximum atomic E-state index is 4.05. The summed E-state index contributed by atoms with van der Waals surface area (Å²) in [6.07, 6.45) is 104. The predicted octanol–water partition coefficient (Wildman–Crippen LogP) is 28.2. The second-order valence-electron chi connectivity index (χ2n) is 26.6. The Hall–Kier alpha value is 0.886. The fourth-order valence-electron chi connectivity index (χ4n) is 12.6. The van der Waals surface area contributed by atoms with Crippen molar-refractivity contribution in [3.05, 3.63) is 32.2 Å². The third-order valence-corrected chi connectivity index (χ3v) is 19.1. The van der Waals surface area contributed by atoms with Crippen LogP contribution in [0.4, 0.5) is 0 Å². The Morgan fingerprint density at radius 3 is 0.506 bits per heavy atom. The summed E-state index contributed by atoms with van der Waals surface area (Å²) in [5.74, 6) is 0.913. The maximum Gasteiger partial charge on any atom is 2.00 e. The first kappa shape index (κ1) is 92.6. The normalized spacial score (nSPS) is 11.1. The second kappa shape index (κ2) is 91.6. The third kappa shape index (κ3) is 94.2. The van der Waals surface area contributed by atoms with Gasteiger partial charge in [0.25, 0.3) is 0 Å². The van der Waals surface area contributed by atoms with Crippen LogP contribution >= 0.6 is 15.9 Å². The molecule has 0 aromatic heterocycles. The van der Waals surface area contributed by atoms with Gasteiger partial charge >= 0.3 is 23.1 Å². The molecule has 0 radical (unpaired) electrons. The predicted molar refractivity (Wildman–Crippen MR) is 389 cm³/mol. The van der Waals surface area contributed by atoms with Crippen LogP contribution in [-0.4, -0.2) is 27.9 Å². The van der Waals surface area contributed by atoms with Crippen LogP contribution in [0.15, 0.2) is 25.3 Å². The van der Waals surface area contributed by atoms with Crippen LogP contribution in [0.3, 0.4) is 0 Å². The Labute approximate surface area is 560 Å². The van der Waals surface area contributed by atoms with Gasteiger partial charge in [0.1, 0.15) is 0 Å². The van der Waals surface area contributed by atoms with Gasteiger partial charge in [-0.25, -0.2) is 19.6 Å². The van der Waals surface area contributed by atoms with Crippen LogP contribution in [0.25, 0.3) is 0 Å². The molecule has 0 nitrogen and oxygen atoms in total. The summed E-state index contributed by atoms with van der Waals surface area (Å²) in [6.45, 7) is 19.8. The van der Waals surface area contributed by atoms with Crippen LogP contribution in [0.2, 0.25) is 0 Å². The molecule has 0 aliphatic heterocycles. The van der Waals surface area contributed by atoms with Crippen molar-refractivity contribution in [2.45, 2.75) is 476 Å². The van der Waals surface area contributed by atoms with E-state index in [0.29, 0.717) is 0 Å². The molecule has 0 fully saturated rings. The molecule has 0 heterocycles. The van der Waals surface area contributed by atoms with Gasteiger partial charge in [-0.3, -0.25) is 0 Å². The first-order valence-electron chi connectivity index (χ1n) is 38.7. The number of hydrogen-bond acceptors (Lipinski definition) is 0. The van der Waals surface area contributed by atoms with Crippen molar-refractivity contribution in [2.75, 3.05) is 0 Å². The quantitative estimate of drug-likeness (QED) is 0.0187. The molecule has 0 bridgehead atoms. The molecule has 0 atom stereocenters. The van der Waals surface area contributed by atoms with E-state index in [9.17, 15) is 0 Å². The van der Waals surface area contributed by atoms with Gasteiger partial charge in [0, 0.05) is 4.83 Å². The summed E-state index contributed by atoms with van der Waals surface area (Å²) in [7, 11) is 0. The first-order valence-corrected chi connectivity index (χ1v) is 39.6. The number of rotatable bonds is 70. The number of hydrogen-bond donors (Lipinski definition) is 0. The van der Waals surface area contributed by atoms with Crippen LogP contribution in [0, 0.1) is 12.8 Å². The van der Waals surface area contributed by atoms with Gasteiger partial charge in [0.2, 0.25) is 0 Å². The van der Waals surface area contributed by atoms with Crippen molar-refractivity contribution in [1.82, 2.24) is 0 Å². The van der Waals surface area contributed by atoms with Gasteiger partial charge < -0.3 is 12.4 Å². The standard InChI is InChI=1S/C40H80.C37H75Br.C3H5.ClH.Mg/c1-4-7-9-11-13-15-17-19-21-23-25-27-29-31-33-35-38-40(37-6-3)39-36-34-32-30-28-26-24-22-20-18-16-14-12-10-8-5-2;1-3-5-7-9-11-13-15-17-19-21-23-25-27-29-31-33-35-37(38)36-34-32-30-28-26-24-22-20-18-16-14-12-10-8-6-4-2;1-3-2;;/h6,40H,3-5,7-39H2,1-2H3;37H,3-36H2,1-2H3;3H,1-2H2;1H;/q;;-1;;+2/p-1. The van der Waals surface area contributed by atoms with Gasteiger partial charge in [0.15, 0.2) is 0 Å². The molecule has 0 aliphatic rings. The molecule has 0 aromatic carbocycles. The molecule has 0 aromatic rings. The third-order valence-electron chi connectivity index (χ3n) is 18.2. The van der Waals surface area contributed by atoms with Crippen molar-refractivity contribution >= 4 is 39.0 Å². The van der Waals surface area contributed by atoms with Crippen LogP contribution in [0.5, 0.6) is 0 Å². The molecule has 0 amide bonds. The van der Waals surface area contributed by atoms with Crippen molar-refractivity contribution in [1.29, 1.82) is 0 Å². The molecular formula is C80H160BrClMg. The van der Waals surface area contributed by atoms with Crippen molar-refractivity contribution in [3.63, 3.8) is 0 Å². The average molecular weight is 1260 g/mol. The Morgan fingerprint density at radius 1 is 0.253 bits per heavy atom. The van der Waals surface area contributed by atoms with E-state index in [1.807, 2.05) is 0 Å². The van der Waals surface area contributed by atoms with E-state index >= 15 is 0 Å². The van der Waals surface area contributed by atoms with Crippen molar-refractivity contribution in [2.24, 2.45) is 5.92 Å². The summed E-state index contributed by atoms with van der Waals surface area (Å²) in [5.41, 5.74) is 0. The van der Waals surface area contributed by atoms with Gasteiger partial charge in [0.05, 0.1) is 0 Å². The molecule has 496 valence electrons. The first-order chi connectivity index (χ1) is 40.1. The zero-order valence-corrected chi connectivity index (χ0v) is 62.4. The monoisotopic (exact) mass is 1260 g/mol. The molecule has 0 aliphatic carbocycles. The van der Waals surface area contributed by atoms with Gasteiger partial charge in [-0.15, -0.1) is 6.58 Å². The van der Waals surface area contributed by atoms with E-state index in [-0.39, 0.29) is 35.5 Å². The molecule has 0 unspecified atom stereocenters. The minimum Gasteiger partial charge on any atom is -1.00 e. The van der Waals surface area contributed by atoms with Gasteiger partial charge in [-0.2, -0.15) is 0 Å². The summed E-state index contributed by atoms with van der Waals surface area (Å²) >= 11 is 3.97. The number of alkyl halides is 1. The van der Waals surface area contributed by atoms with E-state index in [1.165, 1.54) is 449 Å². The topological polar surface area (TPSA) is 0 Å². The van der Waals surface area contributed by atoms with E-state index < -0.39 is 0 Å². The molecule has 83 heavy (non-hydrogen) atoms. The summed E-state index contributed by atoms with van der Waals surface area (Å²) in [4.78, 5) is 0.779. The Bertz CT molecular complexity index is 974. The van der Waals surface area contributed by atoms with Crippen LogP contribution < -0.4 is 12.4 Å². The second-order valence-corrected chi connectivity index (χ2v) is 27.9.